The van der Waals surface area contributed by atoms with Crippen LogP contribution in [0.5, 0.6) is 0 Å². The van der Waals surface area contributed by atoms with Gasteiger partial charge in [0.05, 0.1) is 0 Å². The van der Waals surface area contributed by atoms with Gasteiger partial charge in [-0.05, 0) is 83.4 Å². The van der Waals surface area contributed by atoms with E-state index in [1.165, 1.54) is 97.0 Å². The summed E-state index contributed by atoms with van der Waals surface area (Å²) in [5.74, 6) is 0. The zero-order chi connectivity index (χ0) is 32.3. The largest absolute Gasteiger partial charge is 0.135 e. The van der Waals surface area contributed by atoms with Crippen molar-refractivity contribution in [3.05, 3.63) is 182 Å². The quantitative estimate of drug-likeness (QED) is 0.168. The van der Waals surface area contributed by atoms with Crippen LogP contribution in [-0.4, -0.2) is 0 Å². The fraction of sp³-hybridized carbons (Fsp3) is 0. The average Bonchev–Trinajstić information content (AvgIpc) is 3.56. The first-order chi connectivity index (χ1) is 24.3. The third-order valence-electron chi connectivity index (χ3n) is 10.1. The average molecular weight is 639 g/mol. The van der Waals surface area contributed by atoms with Crippen molar-refractivity contribution < 1.29 is 0 Å². The van der Waals surface area contributed by atoms with Crippen LogP contribution >= 0.6 is 11.3 Å². The highest BCUT2D eigenvalue weighted by molar-refractivity contribution is 7.26. The van der Waals surface area contributed by atoms with Gasteiger partial charge in [-0.25, -0.2) is 0 Å². The minimum Gasteiger partial charge on any atom is -0.135 e. The first-order valence-corrected chi connectivity index (χ1v) is 17.7. The minimum atomic E-state index is 1.22. The lowest BCUT2D eigenvalue weighted by molar-refractivity contribution is 1.59. The lowest BCUT2D eigenvalue weighted by Gasteiger charge is -2.18. The Balaban J connectivity index is 1.15. The predicted molar refractivity (Wildman–Crippen MR) is 214 cm³/mol. The summed E-state index contributed by atoms with van der Waals surface area (Å²) in [4.78, 5) is 0. The third kappa shape index (κ3) is 4.51. The number of fused-ring (bicyclic) bond motifs is 6. The van der Waals surface area contributed by atoms with Gasteiger partial charge in [0.25, 0.3) is 0 Å². The van der Waals surface area contributed by atoms with Gasteiger partial charge in [-0.1, -0.05) is 170 Å². The van der Waals surface area contributed by atoms with Gasteiger partial charge in [-0.2, -0.15) is 0 Å². The molecule has 0 atom stereocenters. The van der Waals surface area contributed by atoms with Gasteiger partial charge in [0.2, 0.25) is 0 Å². The molecule has 0 saturated carbocycles. The molecule has 0 radical (unpaired) electrons. The van der Waals surface area contributed by atoms with Crippen LogP contribution in [0.1, 0.15) is 0 Å². The molecule has 1 aromatic heterocycles. The zero-order valence-corrected chi connectivity index (χ0v) is 27.5. The predicted octanol–water partition coefficient (Wildman–Crippen LogP) is 14.2. The maximum atomic E-state index is 2.31. The molecule has 0 N–H and O–H groups in total. The van der Waals surface area contributed by atoms with Crippen molar-refractivity contribution in [3.8, 4) is 44.5 Å². The summed E-state index contributed by atoms with van der Waals surface area (Å²) >= 11 is 1.90. The van der Waals surface area contributed by atoms with E-state index >= 15 is 0 Å². The van der Waals surface area contributed by atoms with Gasteiger partial charge in [-0.3, -0.25) is 0 Å². The molecular weight excluding hydrogens is 609 g/mol. The van der Waals surface area contributed by atoms with Crippen LogP contribution < -0.4 is 0 Å². The van der Waals surface area contributed by atoms with Crippen LogP contribution in [-0.2, 0) is 0 Å². The smallest absolute Gasteiger partial charge is 0.0434 e. The van der Waals surface area contributed by atoms with E-state index in [4.69, 9.17) is 0 Å². The van der Waals surface area contributed by atoms with E-state index in [0.717, 1.165) is 0 Å². The Labute approximate surface area is 289 Å². The van der Waals surface area contributed by atoms with Crippen LogP contribution in [0.3, 0.4) is 0 Å². The molecule has 0 saturated heterocycles. The Bertz CT molecular complexity index is 2810. The molecule has 0 aliphatic carbocycles. The van der Waals surface area contributed by atoms with Crippen molar-refractivity contribution in [2.45, 2.75) is 0 Å². The third-order valence-corrected chi connectivity index (χ3v) is 11.3. The van der Waals surface area contributed by atoms with Crippen LogP contribution in [0.25, 0.3) is 97.0 Å². The molecule has 0 bridgehead atoms. The van der Waals surface area contributed by atoms with Crippen LogP contribution in [0.15, 0.2) is 182 Å². The molecule has 0 spiro atoms. The maximum Gasteiger partial charge on any atom is 0.0434 e. The normalized spacial score (nSPS) is 11.7. The number of thiophene rings is 1. The van der Waals surface area contributed by atoms with Gasteiger partial charge >= 0.3 is 0 Å². The summed E-state index contributed by atoms with van der Waals surface area (Å²) in [7, 11) is 0. The molecule has 228 valence electrons. The molecule has 10 aromatic rings. The van der Waals surface area contributed by atoms with E-state index in [1.54, 1.807) is 0 Å². The molecule has 1 heteroatoms. The van der Waals surface area contributed by atoms with Gasteiger partial charge in [0, 0.05) is 25.7 Å². The Hall–Kier alpha value is -6.02. The van der Waals surface area contributed by atoms with E-state index < -0.39 is 0 Å². The molecule has 0 aliphatic heterocycles. The summed E-state index contributed by atoms with van der Waals surface area (Å²) in [6, 6.07) is 66.9. The van der Waals surface area contributed by atoms with E-state index in [9.17, 15) is 0 Å². The van der Waals surface area contributed by atoms with Crippen LogP contribution in [0, 0.1) is 0 Å². The highest BCUT2D eigenvalue weighted by Gasteiger charge is 2.19. The first-order valence-electron chi connectivity index (χ1n) is 16.8. The molecule has 0 unspecified atom stereocenters. The molecule has 0 amide bonds. The molecule has 1 heterocycles. The summed E-state index contributed by atoms with van der Waals surface area (Å²) < 4.78 is 2.68. The van der Waals surface area contributed by atoms with Crippen molar-refractivity contribution in [3.63, 3.8) is 0 Å². The topological polar surface area (TPSA) is 0 Å². The Kier molecular flexibility index (Phi) is 6.47. The molecule has 9 aromatic carbocycles. The van der Waals surface area contributed by atoms with Gasteiger partial charge in [0.1, 0.15) is 0 Å². The highest BCUT2D eigenvalue weighted by Crippen LogP contribution is 2.48. The van der Waals surface area contributed by atoms with Crippen molar-refractivity contribution in [2.75, 3.05) is 0 Å². The second-order valence-corrected chi connectivity index (χ2v) is 13.9. The van der Waals surface area contributed by atoms with Gasteiger partial charge in [-0.15, -0.1) is 11.3 Å². The number of rotatable bonds is 4. The second-order valence-electron chi connectivity index (χ2n) is 12.8. The SMILES string of the molecule is c1ccc(-c2ccc3ccccc3c2)c(-c2ccc(-c3c4ccccc4c(-c4cccc5c4sc4ccccc45)c4ccccc34)cc2)c1. The first kappa shape index (κ1) is 28.0. The van der Waals surface area contributed by atoms with E-state index in [1.807, 2.05) is 11.3 Å². The summed E-state index contributed by atoms with van der Waals surface area (Å²) in [6.45, 7) is 0. The summed E-state index contributed by atoms with van der Waals surface area (Å²) in [5, 5.41) is 10.3. The fourth-order valence-electron chi connectivity index (χ4n) is 7.83. The Morgan fingerprint density at radius 3 is 1.49 bits per heavy atom. The molecule has 49 heavy (non-hydrogen) atoms. The minimum absolute atomic E-state index is 1.22. The zero-order valence-electron chi connectivity index (χ0n) is 26.7. The number of hydrogen-bond donors (Lipinski definition) is 0. The standard InChI is InChI=1S/C48H30S/c1-2-13-34-30-35(29-24-31(34)12-1)37-15-4-3-14-36(37)32-25-27-33(28-26-32)46-39-17-5-7-19-41(39)47(42-20-8-6-18-40(42)46)44-22-11-21-43-38-16-9-10-23-45(38)49-48(43)44/h1-30H. The molecule has 0 nitrogen and oxygen atoms in total. The van der Waals surface area contributed by atoms with E-state index in [2.05, 4.69) is 182 Å². The molecular formula is C48H30S. The summed E-state index contributed by atoms with van der Waals surface area (Å²) in [5.41, 5.74) is 10.1. The van der Waals surface area contributed by atoms with Crippen LogP contribution in [0.2, 0.25) is 0 Å². The lowest BCUT2D eigenvalue weighted by atomic mass is 9.85. The van der Waals surface area contributed by atoms with Gasteiger partial charge in [0.15, 0.2) is 0 Å². The number of hydrogen-bond acceptors (Lipinski definition) is 1. The lowest BCUT2D eigenvalue weighted by Crippen LogP contribution is -1.91. The highest BCUT2D eigenvalue weighted by atomic mass is 32.1. The Morgan fingerprint density at radius 1 is 0.286 bits per heavy atom. The maximum absolute atomic E-state index is 2.31. The van der Waals surface area contributed by atoms with Crippen LogP contribution in [0.4, 0.5) is 0 Å². The van der Waals surface area contributed by atoms with Crippen molar-refractivity contribution >= 4 is 63.8 Å². The summed E-state index contributed by atoms with van der Waals surface area (Å²) in [6.07, 6.45) is 0. The molecule has 10 rings (SSSR count). The molecule has 0 fully saturated rings. The number of benzene rings is 9. The second kappa shape index (κ2) is 11.3. The van der Waals surface area contributed by atoms with E-state index in [0.29, 0.717) is 0 Å². The van der Waals surface area contributed by atoms with E-state index in [-0.39, 0.29) is 0 Å². The Morgan fingerprint density at radius 2 is 0.776 bits per heavy atom. The van der Waals surface area contributed by atoms with Gasteiger partial charge < -0.3 is 0 Å². The van der Waals surface area contributed by atoms with Crippen molar-refractivity contribution in [1.29, 1.82) is 0 Å². The van der Waals surface area contributed by atoms with Crippen molar-refractivity contribution in [1.82, 2.24) is 0 Å². The molecule has 0 aliphatic rings. The fourth-order valence-corrected chi connectivity index (χ4v) is 9.06. The monoisotopic (exact) mass is 638 g/mol. The van der Waals surface area contributed by atoms with Crippen molar-refractivity contribution in [2.24, 2.45) is 0 Å².